The monoisotopic (exact) mass is 395 g/mol. The fourth-order valence-electron chi connectivity index (χ4n) is 2.98. The van der Waals surface area contributed by atoms with Crippen LogP contribution in [0.5, 0.6) is 0 Å². The van der Waals surface area contributed by atoms with Crippen molar-refractivity contribution in [1.82, 2.24) is 16.0 Å². The molecular formula is C18H26BrN3O2. The summed E-state index contributed by atoms with van der Waals surface area (Å²) in [5.74, 6) is 0.904. The van der Waals surface area contributed by atoms with E-state index in [0.717, 1.165) is 17.6 Å². The van der Waals surface area contributed by atoms with Crippen molar-refractivity contribution in [1.29, 1.82) is 0 Å². The number of hydrogen-bond donors (Lipinski definition) is 3. The van der Waals surface area contributed by atoms with Crippen LogP contribution in [0.4, 0.5) is 0 Å². The first-order valence-corrected chi connectivity index (χ1v) is 9.36. The standard InChI is InChI=1S/C18H26BrN3O2/c1-13(15-3-2-8-20-12-15)11-17(23)21-9-10-22-18(24)14-4-6-16(19)7-5-14/h4-7,13,15,20H,2-3,8-12H2,1H3,(H,21,23)(H,22,24). The highest BCUT2D eigenvalue weighted by atomic mass is 79.9. The van der Waals surface area contributed by atoms with Gasteiger partial charge in [-0.15, -0.1) is 0 Å². The Kier molecular flexibility index (Phi) is 7.72. The summed E-state index contributed by atoms with van der Waals surface area (Å²) in [4.78, 5) is 23.9. The summed E-state index contributed by atoms with van der Waals surface area (Å²) >= 11 is 3.34. The fourth-order valence-corrected chi connectivity index (χ4v) is 3.24. The molecule has 1 aliphatic rings. The Labute approximate surface area is 152 Å². The van der Waals surface area contributed by atoms with E-state index >= 15 is 0 Å². The van der Waals surface area contributed by atoms with Gasteiger partial charge in [0, 0.05) is 29.5 Å². The second-order valence-corrected chi connectivity index (χ2v) is 7.32. The Hall–Kier alpha value is -1.40. The van der Waals surface area contributed by atoms with Gasteiger partial charge in [-0.1, -0.05) is 22.9 Å². The summed E-state index contributed by atoms with van der Waals surface area (Å²) in [6.45, 7) is 5.13. The predicted molar refractivity (Wildman–Crippen MR) is 98.9 cm³/mol. The van der Waals surface area contributed by atoms with Gasteiger partial charge in [0.1, 0.15) is 0 Å². The van der Waals surface area contributed by atoms with Crippen molar-refractivity contribution in [2.24, 2.45) is 11.8 Å². The zero-order chi connectivity index (χ0) is 17.4. The van der Waals surface area contributed by atoms with Gasteiger partial charge < -0.3 is 16.0 Å². The maximum absolute atomic E-state index is 12.0. The predicted octanol–water partition coefficient (Wildman–Crippen LogP) is 2.32. The fraction of sp³-hybridized carbons (Fsp3) is 0.556. The lowest BCUT2D eigenvalue weighted by Crippen LogP contribution is -2.37. The third-order valence-corrected chi connectivity index (χ3v) is 5.01. The van der Waals surface area contributed by atoms with Crippen LogP contribution in [0, 0.1) is 11.8 Å². The van der Waals surface area contributed by atoms with Crippen LogP contribution in [0.15, 0.2) is 28.7 Å². The Balaban J connectivity index is 1.61. The average Bonchev–Trinajstić information content (AvgIpc) is 2.60. The molecule has 0 spiro atoms. The number of carbonyl (C=O) groups is 2. The van der Waals surface area contributed by atoms with Crippen LogP contribution >= 0.6 is 15.9 Å². The van der Waals surface area contributed by atoms with Gasteiger partial charge in [-0.2, -0.15) is 0 Å². The molecule has 0 aliphatic carbocycles. The summed E-state index contributed by atoms with van der Waals surface area (Å²) in [5, 5.41) is 9.09. The largest absolute Gasteiger partial charge is 0.354 e. The molecule has 5 nitrogen and oxygen atoms in total. The summed E-state index contributed by atoms with van der Waals surface area (Å²) in [7, 11) is 0. The first-order chi connectivity index (χ1) is 11.6. The lowest BCUT2D eigenvalue weighted by molar-refractivity contribution is -0.122. The normalized spacial score (nSPS) is 18.7. The number of rotatable bonds is 7. The summed E-state index contributed by atoms with van der Waals surface area (Å²) < 4.78 is 0.939. The molecule has 0 radical (unpaired) electrons. The Morgan fingerprint density at radius 1 is 1.25 bits per heavy atom. The molecule has 2 amide bonds. The Bertz CT molecular complexity index is 542. The van der Waals surface area contributed by atoms with Crippen LogP contribution in [0.1, 0.15) is 36.5 Å². The minimum absolute atomic E-state index is 0.0611. The van der Waals surface area contributed by atoms with Crippen LogP contribution in [-0.2, 0) is 4.79 Å². The highest BCUT2D eigenvalue weighted by Gasteiger charge is 2.21. The molecular weight excluding hydrogens is 370 g/mol. The number of halogens is 1. The van der Waals surface area contributed by atoms with Gasteiger partial charge in [-0.3, -0.25) is 9.59 Å². The van der Waals surface area contributed by atoms with E-state index in [1.165, 1.54) is 12.8 Å². The second-order valence-electron chi connectivity index (χ2n) is 6.40. The molecule has 0 saturated carbocycles. The number of piperidine rings is 1. The van der Waals surface area contributed by atoms with Crippen molar-refractivity contribution >= 4 is 27.7 Å². The van der Waals surface area contributed by atoms with Gasteiger partial charge in [0.25, 0.3) is 5.91 Å². The van der Waals surface area contributed by atoms with Crippen LogP contribution in [-0.4, -0.2) is 38.0 Å². The van der Waals surface area contributed by atoms with Gasteiger partial charge in [0.05, 0.1) is 0 Å². The smallest absolute Gasteiger partial charge is 0.251 e. The van der Waals surface area contributed by atoms with E-state index in [2.05, 4.69) is 38.8 Å². The SMILES string of the molecule is CC(CC(=O)NCCNC(=O)c1ccc(Br)cc1)C1CCCNC1. The van der Waals surface area contributed by atoms with E-state index in [4.69, 9.17) is 0 Å². The molecule has 2 rings (SSSR count). The van der Waals surface area contributed by atoms with Gasteiger partial charge >= 0.3 is 0 Å². The Morgan fingerprint density at radius 3 is 2.62 bits per heavy atom. The van der Waals surface area contributed by atoms with Gasteiger partial charge in [-0.05, 0) is 62.0 Å². The van der Waals surface area contributed by atoms with Crippen molar-refractivity contribution in [2.45, 2.75) is 26.2 Å². The summed E-state index contributed by atoms with van der Waals surface area (Å²) in [5.41, 5.74) is 0.614. The third kappa shape index (κ3) is 6.24. The number of benzene rings is 1. The van der Waals surface area contributed by atoms with Crippen molar-refractivity contribution in [3.05, 3.63) is 34.3 Å². The van der Waals surface area contributed by atoms with Crippen molar-refractivity contribution < 1.29 is 9.59 Å². The van der Waals surface area contributed by atoms with E-state index in [0.29, 0.717) is 36.9 Å². The van der Waals surface area contributed by atoms with Crippen LogP contribution in [0.2, 0.25) is 0 Å². The molecule has 2 atom stereocenters. The van der Waals surface area contributed by atoms with Gasteiger partial charge in [0.2, 0.25) is 5.91 Å². The number of hydrogen-bond acceptors (Lipinski definition) is 3. The highest BCUT2D eigenvalue weighted by molar-refractivity contribution is 9.10. The zero-order valence-corrected chi connectivity index (χ0v) is 15.7. The molecule has 3 N–H and O–H groups in total. The zero-order valence-electron chi connectivity index (χ0n) is 14.1. The van der Waals surface area contributed by atoms with Gasteiger partial charge in [0.15, 0.2) is 0 Å². The maximum Gasteiger partial charge on any atom is 0.251 e. The van der Waals surface area contributed by atoms with Crippen LogP contribution < -0.4 is 16.0 Å². The third-order valence-electron chi connectivity index (χ3n) is 4.49. The molecule has 0 bridgehead atoms. The molecule has 1 aliphatic heterocycles. The molecule has 2 unspecified atom stereocenters. The average molecular weight is 396 g/mol. The number of nitrogens with one attached hydrogen (secondary N) is 3. The topological polar surface area (TPSA) is 70.2 Å². The molecule has 1 fully saturated rings. The number of carbonyl (C=O) groups excluding carboxylic acids is 2. The highest BCUT2D eigenvalue weighted by Crippen LogP contribution is 2.22. The van der Waals surface area contributed by atoms with E-state index in [9.17, 15) is 9.59 Å². The molecule has 1 saturated heterocycles. The molecule has 0 aromatic heterocycles. The van der Waals surface area contributed by atoms with E-state index in [-0.39, 0.29) is 11.8 Å². The lowest BCUT2D eigenvalue weighted by Gasteiger charge is -2.28. The molecule has 1 heterocycles. The van der Waals surface area contributed by atoms with Gasteiger partial charge in [-0.25, -0.2) is 0 Å². The molecule has 6 heteroatoms. The van der Waals surface area contributed by atoms with Crippen LogP contribution in [0.3, 0.4) is 0 Å². The van der Waals surface area contributed by atoms with Crippen molar-refractivity contribution in [3.63, 3.8) is 0 Å². The van der Waals surface area contributed by atoms with E-state index in [1.807, 2.05) is 12.1 Å². The van der Waals surface area contributed by atoms with E-state index < -0.39 is 0 Å². The van der Waals surface area contributed by atoms with Crippen molar-refractivity contribution in [2.75, 3.05) is 26.2 Å². The minimum Gasteiger partial charge on any atom is -0.354 e. The molecule has 132 valence electrons. The van der Waals surface area contributed by atoms with E-state index in [1.54, 1.807) is 12.1 Å². The quantitative estimate of drug-likeness (QED) is 0.620. The minimum atomic E-state index is -0.126. The molecule has 1 aromatic rings. The lowest BCUT2D eigenvalue weighted by atomic mass is 9.85. The second kappa shape index (κ2) is 9.79. The first-order valence-electron chi connectivity index (χ1n) is 8.57. The summed E-state index contributed by atoms with van der Waals surface area (Å²) in [6.07, 6.45) is 2.94. The summed E-state index contributed by atoms with van der Waals surface area (Å²) in [6, 6.07) is 7.19. The Morgan fingerprint density at radius 2 is 1.96 bits per heavy atom. The van der Waals surface area contributed by atoms with Crippen molar-refractivity contribution in [3.8, 4) is 0 Å². The maximum atomic E-state index is 12.0. The first kappa shape index (κ1) is 18.9. The van der Waals surface area contributed by atoms with Crippen LogP contribution in [0.25, 0.3) is 0 Å². The number of amides is 2. The molecule has 24 heavy (non-hydrogen) atoms. The molecule has 1 aromatic carbocycles.